The first-order valence-corrected chi connectivity index (χ1v) is 13.2. The second-order valence-corrected chi connectivity index (χ2v) is 11.0. The van der Waals surface area contributed by atoms with Crippen molar-refractivity contribution >= 4 is 40.3 Å². The Morgan fingerprint density at radius 1 is 1.00 bits per heavy atom. The van der Waals surface area contributed by atoms with Gasteiger partial charge in [0.25, 0.3) is 0 Å². The number of halogens is 2. The molecule has 0 bridgehead atoms. The summed E-state index contributed by atoms with van der Waals surface area (Å²) in [5, 5.41) is 11.5. The van der Waals surface area contributed by atoms with E-state index in [4.69, 9.17) is 28.2 Å². The molecule has 0 unspecified atom stereocenters. The molecule has 2 aromatic carbocycles. The van der Waals surface area contributed by atoms with E-state index in [1.54, 1.807) is 0 Å². The molecule has 4 aromatic rings. The number of rotatable bonds is 4. The summed E-state index contributed by atoms with van der Waals surface area (Å²) in [5.41, 5.74) is 7.12. The molecule has 4 nitrogen and oxygen atoms in total. The Labute approximate surface area is 213 Å². The summed E-state index contributed by atoms with van der Waals surface area (Å²) < 4.78 is 2.20. The van der Waals surface area contributed by atoms with E-state index >= 15 is 0 Å². The Balaban J connectivity index is 1.39. The van der Waals surface area contributed by atoms with Gasteiger partial charge in [0.15, 0.2) is 5.82 Å². The van der Waals surface area contributed by atoms with Crippen LogP contribution in [0.3, 0.4) is 0 Å². The third-order valence-corrected chi connectivity index (χ3v) is 8.63. The minimum absolute atomic E-state index is 0.103. The predicted molar refractivity (Wildman–Crippen MR) is 140 cm³/mol. The van der Waals surface area contributed by atoms with Gasteiger partial charge >= 0.3 is 0 Å². The minimum atomic E-state index is -0.103. The summed E-state index contributed by atoms with van der Waals surface area (Å²) in [7, 11) is 0. The molecule has 2 aromatic heterocycles. The zero-order valence-corrected chi connectivity index (χ0v) is 21.4. The Bertz CT molecular complexity index is 1430. The lowest BCUT2D eigenvalue weighted by molar-refractivity contribution is 0.724. The molecule has 0 spiro atoms. The number of hydrogen-bond donors (Lipinski definition) is 0. The van der Waals surface area contributed by atoms with Gasteiger partial charge in [-0.1, -0.05) is 47.5 Å². The van der Waals surface area contributed by atoms with Crippen LogP contribution in [0.15, 0.2) is 47.5 Å². The molecule has 1 aliphatic heterocycles. The molecular formula is C27H24Cl2N4S. The number of thiophene rings is 1. The molecule has 34 heavy (non-hydrogen) atoms. The molecule has 3 heterocycles. The Morgan fingerprint density at radius 2 is 1.76 bits per heavy atom. The fraction of sp³-hybridized carbons (Fsp3) is 0.296. The van der Waals surface area contributed by atoms with Crippen molar-refractivity contribution in [1.29, 1.82) is 0 Å². The highest BCUT2D eigenvalue weighted by molar-refractivity contribution is 7.15. The largest absolute Gasteiger partial charge is 0.273 e. The maximum Gasteiger partial charge on any atom is 0.162 e. The smallest absolute Gasteiger partial charge is 0.162 e. The van der Waals surface area contributed by atoms with E-state index in [1.807, 2.05) is 30.4 Å². The summed E-state index contributed by atoms with van der Waals surface area (Å²) in [6.07, 6.45) is 5.28. The molecule has 0 N–H and O–H groups in total. The van der Waals surface area contributed by atoms with Crippen LogP contribution >= 0.6 is 34.5 Å². The van der Waals surface area contributed by atoms with E-state index in [-0.39, 0.29) is 6.04 Å². The molecule has 2 aliphatic rings. The lowest BCUT2D eigenvalue weighted by Gasteiger charge is -2.13. The molecular weight excluding hydrogens is 483 g/mol. The van der Waals surface area contributed by atoms with Crippen LogP contribution in [0, 0.1) is 6.92 Å². The number of aromatic nitrogens is 3. The van der Waals surface area contributed by atoms with Crippen molar-refractivity contribution in [3.05, 3.63) is 96.9 Å². The van der Waals surface area contributed by atoms with Gasteiger partial charge in [-0.25, -0.2) is 0 Å². The Morgan fingerprint density at radius 3 is 2.56 bits per heavy atom. The first-order chi connectivity index (χ1) is 16.5. The van der Waals surface area contributed by atoms with Crippen molar-refractivity contribution in [2.45, 2.75) is 52.0 Å². The topological polar surface area (TPSA) is 43.1 Å². The number of nitrogens with zero attached hydrogens (tertiary/aromatic N) is 4. The lowest BCUT2D eigenvalue weighted by atomic mass is 9.96. The van der Waals surface area contributed by atoms with Crippen molar-refractivity contribution < 1.29 is 0 Å². The second-order valence-electron chi connectivity index (χ2n) is 9.07. The first-order valence-electron chi connectivity index (χ1n) is 11.7. The van der Waals surface area contributed by atoms with Gasteiger partial charge in [-0.2, -0.15) is 0 Å². The van der Waals surface area contributed by atoms with Crippen LogP contribution in [-0.4, -0.2) is 20.5 Å². The monoisotopic (exact) mass is 506 g/mol. The van der Waals surface area contributed by atoms with Crippen LogP contribution < -0.4 is 0 Å². The highest BCUT2D eigenvalue weighted by Gasteiger charge is 2.33. The Kier molecular flexibility index (Phi) is 5.59. The van der Waals surface area contributed by atoms with Crippen LogP contribution in [0.1, 0.15) is 63.7 Å². The van der Waals surface area contributed by atoms with Crippen LogP contribution in [0.25, 0.3) is 5.00 Å². The maximum atomic E-state index is 6.94. The molecule has 1 atom stereocenters. The van der Waals surface area contributed by atoms with Gasteiger partial charge in [-0.15, -0.1) is 21.5 Å². The third-order valence-electron chi connectivity index (χ3n) is 6.79. The fourth-order valence-corrected chi connectivity index (χ4v) is 6.92. The molecule has 0 fully saturated rings. The second kappa shape index (κ2) is 8.63. The number of fused-ring (bicyclic) bond motifs is 5. The summed E-state index contributed by atoms with van der Waals surface area (Å²) in [6.45, 7) is 4.11. The standard InChI is InChI=1S/C27H24Cl2N4S/c1-15-26-32-31-16(2)33(26)27-24(21-4-3-5-23(21)34-27)25(30-15)20-13-10-18(14-22(20)29)7-6-17-8-11-19(28)12-9-17/h8-15H,3-7H2,1-2H3/t15-/m0/s1. The number of benzene rings is 2. The third kappa shape index (κ3) is 3.71. The predicted octanol–water partition coefficient (Wildman–Crippen LogP) is 7.13. The van der Waals surface area contributed by atoms with E-state index in [9.17, 15) is 0 Å². The van der Waals surface area contributed by atoms with Crippen molar-refractivity contribution in [1.82, 2.24) is 14.8 Å². The minimum Gasteiger partial charge on any atom is -0.273 e. The number of aryl methyl sites for hydroxylation is 4. The van der Waals surface area contributed by atoms with Gasteiger partial charge in [-0.3, -0.25) is 9.56 Å². The van der Waals surface area contributed by atoms with Crippen LogP contribution in [0.5, 0.6) is 0 Å². The molecule has 0 amide bonds. The SMILES string of the molecule is Cc1nnc2n1-c1sc3c(c1C(c1ccc(CCc4ccc(Cl)cc4)cc1Cl)=N[C@H]2C)CCC3. The van der Waals surface area contributed by atoms with Crippen LogP contribution in [-0.2, 0) is 25.7 Å². The van der Waals surface area contributed by atoms with Crippen molar-refractivity contribution in [3.8, 4) is 5.00 Å². The van der Waals surface area contributed by atoms with Gasteiger partial charge in [0.2, 0.25) is 0 Å². The normalized spacial score (nSPS) is 16.6. The number of aliphatic imine (C=N–C) groups is 1. The van der Waals surface area contributed by atoms with E-state index in [0.29, 0.717) is 0 Å². The maximum absolute atomic E-state index is 6.94. The van der Waals surface area contributed by atoms with Crippen LogP contribution in [0.2, 0.25) is 10.0 Å². The zero-order valence-electron chi connectivity index (χ0n) is 19.1. The first kappa shape index (κ1) is 22.0. The van der Waals surface area contributed by atoms with Crippen molar-refractivity contribution in [3.63, 3.8) is 0 Å². The highest BCUT2D eigenvalue weighted by atomic mass is 35.5. The van der Waals surface area contributed by atoms with Gasteiger partial charge in [0.1, 0.15) is 16.9 Å². The molecule has 1 aliphatic carbocycles. The molecule has 172 valence electrons. The quantitative estimate of drug-likeness (QED) is 0.295. The molecule has 7 heteroatoms. The highest BCUT2D eigenvalue weighted by Crippen LogP contribution is 2.43. The fourth-order valence-electron chi connectivity index (χ4n) is 5.06. The van der Waals surface area contributed by atoms with E-state index in [2.05, 4.69) is 52.0 Å². The lowest BCUT2D eigenvalue weighted by Crippen LogP contribution is -2.09. The van der Waals surface area contributed by atoms with E-state index < -0.39 is 0 Å². The van der Waals surface area contributed by atoms with Crippen LogP contribution in [0.4, 0.5) is 0 Å². The van der Waals surface area contributed by atoms with Gasteiger partial charge in [0, 0.05) is 21.0 Å². The van der Waals surface area contributed by atoms with E-state index in [0.717, 1.165) is 58.7 Å². The Hall–Kier alpha value is -2.47. The average molecular weight is 507 g/mol. The number of hydrogen-bond acceptors (Lipinski definition) is 4. The van der Waals surface area contributed by atoms with Gasteiger partial charge in [0.05, 0.1) is 10.7 Å². The summed E-state index contributed by atoms with van der Waals surface area (Å²) in [6, 6.07) is 14.4. The molecule has 6 rings (SSSR count). The summed E-state index contributed by atoms with van der Waals surface area (Å²) in [5.74, 6) is 1.80. The summed E-state index contributed by atoms with van der Waals surface area (Å²) in [4.78, 5) is 6.65. The zero-order chi connectivity index (χ0) is 23.4. The molecule has 0 saturated heterocycles. The summed E-state index contributed by atoms with van der Waals surface area (Å²) >= 11 is 14.8. The van der Waals surface area contributed by atoms with E-state index in [1.165, 1.54) is 38.6 Å². The van der Waals surface area contributed by atoms with Gasteiger partial charge < -0.3 is 0 Å². The van der Waals surface area contributed by atoms with Crippen molar-refractivity contribution in [2.24, 2.45) is 4.99 Å². The van der Waals surface area contributed by atoms with Crippen molar-refractivity contribution in [2.75, 3.05) is 0 Å². The van der Waals surface area contributed by atoms with Gasteiger partial charge in [-0.05, 0) is 80.8 Å². The molecule has 0 radical (unpaired) electrons. The average Bonchev–Trinajstić information content (AvgIpc) is 3.50. The molecule has 0 saturated carbocycles.